The number of fused-ring (bicyclic) bond motifs is 1. The Bertz CT molecular complexity index is 1330. The maximum Gasteiger partial charge on any atom is 0.288 e. The molecule has 0 saturated carbocycles. The number of carbonyl (C=O) groups is 1. The van der Waals surface area contributed by atoms with Crippen LogP contribution in [-0.4, -0.2) is 36.9 Å². The van der Waals surface area contributed by atoms with Gasteiger partial charge in [-0.15, -0.1) is 0 Å². The zero-order valence-electron chi connectivity index (χ0n) is 15.6. The number of nitro benzene ring substituents is 1. The first kappa shape index (κ1) is 20.0. The smallest absolute Gasteiger partial charge is 0.288 e. The van der Waals surface area contributed by atoms with Gasteiger partial charge < -0.3 is 10.3 Å². The van der Waals surface area contributed by atoms with E-state index in [1.165, 1.54) is 24.4 Å². The number of hydrazone groups is 1. The number of anilines is 1. The minimum absolute atomic E-state index is 0.00678. The van der Waals surface area contributed by atoms with Gasteiger partial charge in [-0.1, -0.05) is 29.8 Å². The van der Waals surface area contributed by atoms with Crippen molar-refractivity contribution in [1.29, 1.82) is 0 Å². The largest absolute Gasteiger partial charge is 0.379 e. The molecule has 13 heteroatoms. The Labute approximate surface area is 178 Å². The second-order valence-corrected chi connectivity index (χ2v) is 6.68. The molecule has 31 heavy (non-hydrogen) atoms. The van der Waals surface area contributed by atoms with E-state index in [2.05, 4.69) is 30.5 Å². The second kappa shape index (κ2) is 8.20. The fourth-order valence-electron chi connectivity index (χ4n) is 2.87. The van der Waals surface area contributed by atoms with Gasteiger partial charge in [-0.05, 0) is 28.5 Å². The van der Waals surface area contributed by atoms with Crippen LogP contribution in [0.15, 0.2) is 52.2 Å². The van der Waals surface area contributed by atoms with E-state index in [4.69, 9.17) is 17.3 Å². The summed E-state index contributed by atoms with van der Waals surface area (Å²) in [5.41, 5.74) is 9.80. The van der Waals surface area contributed by atoms with E-state index in [0.717, 1.165) is 0 Å². The molecule has 2 aromatic carbocycles. The van der Waals surface area contributed by atoms with Crippen molar-refractivity contribution in [2.75, 3.05) is 5.73 Å². The fraction of sp³-hybridized carbons (Fsp3) is 0.0556. The van der Waals surface area contributed by atoms with Crippen LogP contribution in [0.4, 0.5) is 11.5 Å². The van der Waals surface area contributed by atoms with Gasteiger partial charge in [0.25, 0.3) is 11.6 Å². The van der Waals surface area contributed by atoms with E-state index in [0.29, 0.717) is 22.4 Å². The fourth-order valence-corrected chi connectivity index (χ4v) is 3.06. The number of carbonyl (C=O) groups excluding carboxylic acids is 1. The minimum Gasteiger partial charge on any atom is -0.379 e. The summed E-state index contributed by atoms with van der Waals surface area (Å²) in [6.45, 7) is -0.153. The summed E-state index contributed by atoms with van der Waals surface area (Å²) in [6, 6.07) is 11.3. The van der Waals surface area contributed by atoms with Gasteiger partial charge in [-0.2, -0.15) is 5.10 Å². The minimum atomic E-state index is -0.603. The third kappa shape index (κ3) is 4.04. The van der Waals surface area contributed by atoms with E-state index >= 15 is 0 Å². The summed E-state index contributed by atoms with van der Waals surface area (Å²) in [6.07, 6.45) is 1.27. The molecular formula is C18H13ClN8O4. The van der Waals surface area contributed by atoms with Crippen molar-refractivity contribution in [2.45, 2.75) is 6.54 Å². The van der Waals surface area contributed by atoms with Crippen LogP contribution < -0.4 is 11.2 Å². The molecule has 2 aromatic heterocycles. The Morgan fingerprint density at radius 2 is 2.13 bits per heavy atom. The van der Waals surface area contributed by atoms with Crippen molar-refractivity contribution in [1.82, 2.24) is 25.3 Å². The maximum atomic E-state index is 12.5. The quantitative estimate of drug-likeness (QED) is 0.261. The number of nitrogen functional groups attached to an aromatic ring is 1. The number of para-hydroxylation sites is 2. The lowest BCUT2D eigenvalue weighted by atomic mass is 10.2. The first-order chi connectivity index (χ1) is 14.9. The average Bonchev–Trinajstić information content (AvgIpc) is 3.32. The highest BCUT2D eigenvalue weighted by atomic mass is 35.5. The number of benzene rings is 2. The molecule has 0 unspecified atom stereocenters. The number of aromatic nitrogens is 4. The number of amides is 1. The predicted molar refractivity (Wildman–Crippen MR) is 111 cm³/mol. The lowest BCUT2D eigenvalue weighted by molar-refractivity contribution is -0.384. The van der Waals surface area contributed by atoms with Crippen molar-refractivity contribution in [3.8, 4) is 11.5 Å². The van der Waals surface area contributed by atoms with E-state index in [9.17, 15) is 14.9 Å². The average molecular weight is 441 g/mol. The van der Waals surface area contributed by atoms with Gasteiger partial charge >= 0.3 is 0 Å². The lowest BCUT2D eigenvalue weighted by Crippen LogP contribution is -2.23. The van der Waals surface area contributed by atoms with Crippen LogP contribution in [0.1, 0.15) is 5.56 Å². The van der Waals surface area contributed by atoms with Crippen molar-refractivity contribution in [2.24, 2.45) is 5.10 Å². The summed E-state index contributed by atoms with van der Waals surface area (Å²) in [7, 11) is 0. The molecule has 0 spiro atoms. The Morgan fingerprint density at radius 3 is 2.87 bits per heavy atom. The zero-order chi connectivity index (χ0) is 22.0. The molecule has 0 aliphatic carbocycles. The van der Waals surface area contributed by atoms with Gasteiger partial charge in [-0.3, -0.25) is 14.9 Å². The number of rotatable bonds is 6. The van der Waals surface area contributed by atoms with Gasteiger partial charge in [0.05, 0.1) is 22.2 Å². The first-order valence-electron chi connectivity index (χ1n) is 8.73. The Balaban J connectivity index is 1.55. The Hall–Kier alpha value is -4.32. The number of imidazole rings is 1. The molecule has 4 aromatic rings. The molecule has 0 bridgehead atoms. The van der Waals surface area contributed by atoms with Crippen molar-refractivity contribution in [3.63, 3.8) is 0 Å². The molecule has 0 saturated heterocycles. The maximum absolute atomic E-state index is 12.5. The highest BCUT2D eigenvalue weighted by Crippen LogP contribution is 2.26. The van der Waals surface area contributed by atoms with Crippen LogP contribution in [0, 0.1) is 10.1 Å². The summed E-state index contributed by atoms with van der Waals surface area (Å²) >= 11 is 5.78. The third-order valence-electron chi connectivity index (χ3n) is 4.25. The van der Waals surface area contributed by atoms with Crippen LogP contribution in [0.3, 0.4) is 0 Å². The molecule has 0 radical (unpaired) electrons. The highest BCUT2D eigenvalue weighted by Gasteiger charge is 2.20. The van der Waals surface area contributed by atoms with Gasteiger partial charge in [0.2, 0.25) is 0 Å². The summed E-state index contributed by atoms with van der Waals surface area (Å²) < 4.78 is 6.25. The van der Waals surface area contributed by atoms with Crippen LogP contribution in [0.25, 0.3) is 22.6 Å². The van der Waals surface area contributed by atoms with Crippen molar-refractivity contribution >= 4 is 46.3 Å². The SMILES string of the molecule is Nc1nonc1-c1nc2ccccc2n1CC(=O)N/N=C\c1ccc(Cl)c([N+](=O)[O-])c1. The number of nitrogens with two attached hydrogens (primary N) is 1. The molecule has 0 atom stereocenters. The molecule has 1 amide bonds. The molecule has 2 heterocycles. The standard InChI is InChI=1S/C18H13ClN8O4/c19-11-6-5-10(7-14(11)27(29)30)8-21-23-15(28)9-26-13-4-2-1-3-12(13)22-18(26)16-17(20)25-31-24-16/h1-8H,9H2,(H2,20,25)(H,23,28)/b21-8-. The highest BCUT2D eigenvalue weighted by molar-refractivity contribution is 6.32. The molecule has 12 nitrogen and oxygen atoms in total. The molecular weight excluding hydrogens is 428 g/mol. The second-order valence-electron chi connectivity index (χ2n) is 6.27. The molecule has 0 aliphatic rings. The first-order valence-corrected chi connectivity index (χ1v) is 9.11. The molecule has 0 fully saturated rings. The molecule has 4 rings (SSSR count). The predicted octanol–water partition coefficient (Wildman–Crippen LogP) is 2.38. The molecule has 0 aliphatic heterocycles. The summed E-state index contributed by atoms with van der Waals surface area (Å²) in [5, 5.41) is 22.1. The van der Waals surface area contributed by atoms with Gasteiger partial charge in [0.1, 0.15) is 11.6 Å². The topological polar surface area (TPSA) is 167 Å². The normalized spacial score (nSPS) is 11.3. The van der Waals surface area contributed by atoms with Crippen LogP contribution in [0.2, 0.25) is 5.02 Å². The number of nitro groups is 1. The number of nitrogens with one attached hydrogen (secondary N) is 1. The Kier molecular flexibility index (Phi) is 5.28. The van der Waals surface area contributed by atoms with Gasteiger partial charge in [0, 0.05) is 11.6 Å². The zero-order valence-corrected chi connectivity index (χ0v) is 16.4. The number of halogens is 1. The van der Waals surface area contributed by atoms with E-state index in [-0.39, 0.29) is 28.8 Å². The van der Waals surface area contributed by atoms with Crippen LogP contribution >= 0.6 is 11.6 Å². The Morgan fingerprint density at radius 1 is 1.32 bits per heavy atom. The van der Waals surface area contributed by atoms with Crippen LogP contribution in [0.5, 0.6) is 0 Å². The van der Waals surface area contributed by atoms with E-state index in [1.807, 2.05) is 6.07 Å². The molecule has 3 N–H and O–H groups in total. The van der Waals surface area contributed by atoms with Gasteiger partial charge in [-0.25, -0.2) is 15.0 Å². The number of hydrogen-bond donors (Lipinski definition) is 2. The summed E-state index contributed by atoms with van der Waals surface area (Å²) in [5.74, 6) is -0.120. The number of hydrogen-bond acceptors (Lipinski definition) is 9. The van der Waals surface area contributed by atoms with Crippen LogP contribution in [-0.2, 0) is 11.3 Å². The van der Waals surface area contributed by atoms with E-state index < -0.39 is 10.8 Å². The van der Waals surface area contributed by atoms with E-state index in [1.54, 1.807) is 22.8 Å². The van der Waals surface area contributed by atoms with Gasteiger partial charge in [0.15, 0.2) is 17.3 Å². The molecule has 156 valence electrons. The van der Waals surface area contributed by atoms with Crippen molar-refractivity contribution < 1.29 is 14.3 Å². The van der Waals surface area contributed by atoms with Crippen molar-refractivity contribution in [3.05, 3.63) is 63.2 Å². The third-order valence-corrected chi connectivity index (χ3v) is 4.57. The summed E-state index contributed by atoms with van der Waals surface area (Å²) in [4.78, 5) is 27.3. The lowest BCUT2D eigenvalue weighted by Gasteiger charge is -2.06. The monoisotopic (exact) mass is 440 g/mol. The number of nitrogens with zero attached hydrogens (tertiary/aromatic N) is 6.